The molecular weight excluding hydrogens is 441 g/mol. The van der Waals surface area contributed by atoms with Gasteiger partial charge < -0.3 is 19.7 Å². The van der Waals surface area contributed by atoms with Gasteiger partial charge in [0.25, 0.3) is 0 Å². The van der Waals surface area contributed by atoms with Gasteiger partial charge in [-0.25, -0.2) is 9.18 Å². The van der Waals surface area contributed by atoms with E-state index in [1.54, 1.807) is 38.7 Å². The number of hydrogen-bond donors (Lipinski definition) is 1. The average molecular weight is 478 g/mol. The molecule has 2 fully saturated rings. The maximum absolute atomic E-state index is 13.9. The van der Waals surface area contributed by atoms with Crippen molar-refractivity contribution in [3.8, 4) is 0 Å². The van der Waals surface area contributed by atoms with Gasteiger partial charge in [0.1, 0.15) is 17.5 Å². The fourth-order valence-corrected chi connectivity index (χ4v) is 4.40. The second-order valence-corrected chi connectivity index (χ2v) is 11.0. The van der Waals surface area contributed by atoms with Gasteiger partial charge in [0.05, 0.1) is 18.5 Å². The molecule has 2 saturated heterocycles. The monoisotopic (exact) mass is 477 g/mol. The van der Waals surface area contributed by atoms with Crippen molar-refractivity contribution in [2.24, 2.45) is 5.92 Å². The molecule has 1 aromatic rings. The number of carbonyl (C=O) groups is 3. The highest BCUT2D eigenvalue weighted by atomic mass is 19.1. The quantitative estimate of drug-likeness (QED) is 0.654. The molecule has 0 aromatic heterocycles. The van der Waals surface area contributed by atoms with E-state index in [1.807, 2.05) is 25.7 Å². The molecule has 9 heteroatoms. The highest BCUT2D eigenvalue weighted by molar-refractivity contribution is 5.96. The molecule has 1 N–H and O–H groups in total. The molecule has 3 rings (SSSR count). The second kappa shape index (κ2) is 9.52. The standard InChI is InChI=1S/C25H36FN3O5/c1-15-8-9-17(26)11-19(15)29-14-25(6,7)28(13-21(29)30)12-18(20-10-16(2)22(31)33-20)27-23(32)34-24(3,4)5/h8-9,11,16,18,20H,10,12-14H2,1-7H3,(H,27,32)/t16-,18+,20+/m1/s1. The normalized spacial score (nSPS) is 24.1. The van der Waals surface area contributed by atoms with Crippen molar-refractivity contribution in [2.45, 2.75) is 78.2 Å². The molecule has 2 aliphatic rings. The molecule has 0 saturated carbocycles. The van der Waals surface area contributed by atoms with Crippen LogP contribution in [0.25, 0.3) is 0 Å². The molecule has 2 aliphatic heterocycles. The van der Waals surface area contributed by atoms with Crippen LogP contribution in [0.3, 0.4) is 0 Å². The van der Waals surface area contributed by atoms with E-state index < -0.39 is 35.2 Å². The van der Waals surface area contributed by atoms with E-state index in [2.05, 4.69) is 5.32 Å². The van der Waals surface area contributed by atoms with Crippen molar-refractivity contribution in [2.75, 3.05) is 24.5 Å². The number of hydrogen-bond acceptors (Lipinski definition) is 6. The Balaban J connectivity index is 1.80. The topological polar surface area (TPSA) is 88.2 Å². The molecule has 0 bridgehead atoms. The smallest absolute Gasteiger partial charge is 0.408 e. The highest BCUT2D eigenvalue weighted by Gasteiger charge is 2.44. The fraction of sp³-hybridized carbons (Fsp3) is 0.640. The number of aryl methyl sites for hydroxylation is 1. The molecule has 2 amide bonds. The number of piperazine rings is 1. The Morgan fingerprint density at radius 2 is 2.00 bits per heavy atom. The van der Waals surface area contributed by atoms with E-state index in [9.17, 15) is 18.8 Å². The number of amides is 2. The number of esters is 1. The third-order valence-corrected chi connectivity index (χ3v) is 6.31. The molecular formula is C25H36FN3O5. The van der Waals surface area contributed by atoms with Crippen LogP contribution in [-0.4, -0.2) is 65.8 Å². The van der Waals surface area contributed by atoms with Crippen molar-refractivity contribution in [3.05, 3.63) is 29.6 Å². The van der Waals surface area contributed by atoms with Gasteiger partial charge in [0, 0.05) is 24.3 Å². The minimum absolute atomic E-state index is 0.0751. The third-order valence-electron chi connectivity index (χ3n) is 6.31. The number of halogens is 1. The molecule has 2 heterocycles. The molecule has 188 valence electrons. The lowest BCUT2D eigenvalue weighted by atomic mass is 9.94. The Hall–Kier alpha value is -2.68. The van der Waals surface area contributed by atoms with Crippen LogP contribution >= 0.6 is 0 Å². The van der Waals surface area contributed by atoms with Crippen LogP contribution in [0, 0.1) is 18.7 Å². The minimum atomic E-state index is -0.683. The van der Waals surface area contributed by atoms with Gasteiger partial charge in [-0.15, -0.1) is 0 Å². The highest BCUT2D eigenvalue weighted by Crippen LogP contribution is 2.31. The van der Waals surface area contributed by atoms with Gasteiger partial charge in [-0.2, -0.15) is 0 Å². The number of carbonyl (C=O) groups excluding carboxylic acids is 3. The molecule has 3 atom stereocenters. The number of benzene rings is 1. The summed E-state index contributed by atoms with van der Waals surface area (Å²) in [5.41, 5.74) is 0.197. The summed E-state index contributed by atoms with van der Waals surface area (Å²) in [5.74, 6) is -1.13. The summed E-state index contributed by atoms with van der Waals surface area (Å²) >= 11 is 0. The zero-order valence-corrected chi connectivity index (χ0v) is 21.1. The summed E-state index contributed by atoms with van der Waals surface area (Å²) in [6.07, 6.45) is -0.661. The van der Waals surface area contributed by atoms with E-state index in [4.69, 9.17) is 9.47 Å². The summed E-state index contributed by atoms with van der Waals surface area (Å²) in [6, 6.07) is 3.86. The zero-order valence-electron chi connectivity index (χ0n) is 21.1. The number of alkyl carbamates (subject to hydrolysis) is 1. The van der Waals surface area contributed by atoms with Gasteiger partial charge >= 0.3 is 12.1 Å². The van der Waals surface area contributed by atoms with Crippen LogP contribution in [0.4, 0.5) is 14.9 Å². The summed E-state index contributed by atoms with van der Waals surface area (Å²) in [4.78, 5) is 41.3. The van der Waals surface area contributed by atoms with Crippen LogP contribution in [0.15, 0.2) is 18.2 Å². The van der Waals surface area contributed by atoms with E-state index in [0.717, 1.165) is 5.56 Å². The Morgan fingerprint density at radius 3 is 2.59 bits per heavy atom. The summed E-state index contributed by atoms with van der Waals surface area (Å²) in [7, 11) is 0. The molecule has 34 heavy (non-hydrogen) atoms. The molecule has 8 nitrogen and oxygen atoms in total. The first-order valence-corrected chi connectivity index (χ1v) is 11.7. The van der Waals surface area contributed by atoms with Gasteiger partial charge in [0.2, 0.25) is 5.91 Å². The van der Waals surface area contributed by atoms with E-state index in [1.165, 1.54) is 12.1 Å². The Bertz CT molecular complexity index is 958. The van der Waals surface area contributed by atoms with Crippen molar-refractivity contribution in [1.82, 2.24) is 10.2 Å². The van der Waals surface area contributed by atoms with Crippen LogP contribution < -0.4 is 10.2 Å². The molecule has 0 spiro atoms. The number of ether oxygens (including phenoxy) is 2. The summed E-state index contributed by atoms with van der Waals surface area (Å²) in [5, 5.41) is 2.86. The zero-order chi connectivity index (χ0) is 25.4. The lowest BCUT2D eigenvalue weighted by molar-refractivity contribution is -0.145. The van der Waals surface area contributed by atoms with Gasteiger partial charge in [-0.05, 0) is 65.7 Å². The van der Waals surface area contributed by atoms with Crippen LogP contribution in [0.5, 0.6) is 0 Å². The molecule has 0 radical (unpaired) electrons. The van der Waals surface area contributed by atoms with E-state index >= 15 is 0 Å². The van der Waals surface area contributed by atoms with Gasteiger partial charge in [-0.3, -0.25) is 14.5 Å². The lowest BCUT2D eigenvalue weighted by Crippen LogP contribution is -2.65. The van der Waals surface area contributed by atoms with E-state index in [0.29, 0.717) is 25.2 Å². The predicted molar refractivity (Wildman–Crippen MR) is 126 cm³/mol. The van der Waals surface area contributed by atoms with Crippen LogP contribution in [0.2, 0.25) is 0 Å². The maximum Gasteiger partial charge on any atom is 0.408 e. The summed E-state index contributed by atoms with van der Waals surface area (Å²) in [6.45, 7) is 13.7. The first-order valence-electron chi connectivity index (χ1n) is 11.7. The number of nitrogens with zero attached hydrogens (tertiary/aromatic N) is 2. The van der Waals surface area contributed by atoms with Crippen LogP contribution in [0.1, 0.15) is 53.5 Å². The first kappa shape index (κ1) is 25.9. The Morgan fingerprint density at radius 1 is 1.32 bits per heavy atom. The van der Waals surface area contributed by atoms with Gasteiger partial charge in [-0.1, -0.05) is 13.0 Å². The van der Waals surface area contributed by atoms with E-state index in [-0.39, 0.29) is 24.3 Å². The molecule has 0 unspecified atom stereocenters. The largest absolute Gasteiger partial charge is 0.460 e. The lowest BCUT2D eigenvalue weighted by Gasteiger charge is -2.48. The maximum atomic E-state index is 13.9. The number of nitrogens with one attached hydrogen (secondary N) is 1. The number of anilines is 1. The Kier molecular flexibility index (Phi) is 7.26. The first-order chi connectivity index (χ1) is 15.7. The van der Waals surface area contributed by atoms with Crippen molar-refractivity contribution in [3.63, 3.8) is 0 Å². The third kappa shape index (κ3) is 6.05. The fourth-order valence-electron chi connectivity index (χ4n) is 4.40. The van der Waals surface area contributed by atoms with Crippen molar-refractivity contribution < 1.29 is 28.2 Å². The Labute approximate surface area is 200 Å². The minimum Gasteiger partial charge on any atom is -0.460 e. The summed E-state index contributed by atoms with van der Waals surface area (Å²) < 4.78 is 24.9. The number of rotatable bonds is 5. The van der Waals surface area contributed by atoms with Gasteiger partial charge in [0.15, 0.2) is 0 Å². The van der Waals surface area contributed by atoms with Crippen molar-refractivity contribution in [1.29, 1.82) is 0 Å². The number of cyclic esters (lactones) is 1. The second-order valence-electron chi connectivity index (χ2n) is 11.0. The predicted octanol–water partition coefficient (Wildman–Crippen LogP) is 3.41. The average Bonchev–Trinajstić information content (AvgIpc) is 3.03. The van der Waals surface area contributed by atoms with Crippen LogP contribution in [-0.2, 0) is 19.1 Å². The molecule has 1 aromatic carbocycles. The molecule has 0 aliphatic carbocycles. The SMILES string of the molecule is Cc1ccc(F)cc1N1CC(C)(C)N(C[C@H](NC(=O)OC(C)(C)C)[C@@H]2C[C@@H](C)C(=O)O2)CC1=O. The van der Waals surface area contributed by atoms with Crippen molar-refractivity contribution >= 4 is 23.7 Å².